The van der Waals surface area contributed by atoms with E-state index in [9.17, 15) is 0 Å². The van der Waals surface area contributed by atoms with Gasteiger partial charge in [0.2, 0.25) is 0 Å². The van der Waals surface area contributed by atoms with Gasteiger partial charge in [0, 0.05) is 24.0 Å². The molecule has 0 amide bonds. The third-order valence-corrected chi connectivity index (χ3v) is 5.33. The van der Waals surface area contributed by atoms with Crippen LogP contribution in [0.1, 0.15) is 24.0 Å². The fraction of sp³-hybridized carbons (Fsp3) is 0.400. The number of piperidine rings is 1. The SMILES string of the molecule is CSc1ccc(CNC2CCN(Cc3ccccc3)CC2)cc1.Cl.Cl. The maximum atomic E-state index is 3.73. The Bertz CT molecular complexity index is 584. The van der Waals surface area contributed by atoms with Crippen molar-refractivity contribution in [2.24, 2.45) is 0 Å². The second-order valence-electron chi connectivity index (χ2n) is 6.26. The number of nitrogens with one attached hydrogen (secondary N) is 1. The Balaban J connectivity index is 0.00000156. The summed E-state index contributed by atoms with van der Waals surface area (Å²) in [5.74, 6) is 0. The summed E-state index contributed by atoms with van der Waals surface area (Å²) < 4.78 is 0. The van der Waals surface area contributed by atoms with E-state index in [1.165, 1.54) is 42.0 Å². The second kappa shape index (κ2) is 11.8. The fourth-order valence-electron chi connectivity index (χ4n) is 3.14. The Morgan fingerprint density at radius 3 is 2.16 bits per heavy atom. The van der Waals surface area contributed by atoms with Gasteiger partial charge in [0.1, 0.15) is 0 Å². The number of benzene rings is 2. The van der Waals surface area contributed by atoms with Crippen molar-refractivity contribution in [3.8, 4) is 0 Å². The Hall–Kier alpha value is -0.710. The maximum Gasteiger partial charge on any atom is 0.0233 e. The Morgan fingerprint density at radius 2 is 1.56 bits per heavy atom. The van der Waals surface area contributed by atoms with Gasteiger partial charge in [0.05, 0.1) is 0 Å². The summed E-state index contributed by atoms with van der Waals surface area (Å²) in [5.41, 5.74) is 2.81. The minimum absolute atomic E-state index is 0. The smallest absolute Gasteiger partial charge is 0.0233 e. The number of rotatable bonds is 6. The van der Waals surface area contributed by atoms with Gasteiger partial charge < -0.3 is 5.32 Å². The Labute approximate surface area is 168 Å². The van der Waals surface area contributed by atoms with Crippen LogP contribution in [0.15, 0.2) is 59.5 Å². The van der Waals surface area contributed by atoms with Crippen LogP contribution in [0.3, 0.4) is 0 Å². The van der Waals surface area contributed by atoms with Crippen LogP contribution in [0.2, 0.25) is 0 Å². The van der Waals surface area contributed by atoms with E-state index in [-0.39, 0.29) is 24.8 Å². The molecular formula is C20H28Cl2N2S. The number of halogens is 2. The van der Waals surface area contributed by atoms with Gasteiger partial charge >= 0.3 is 0 Å². The number of hydrogen-bond donors (Lipinski definition) is 1. The van der Waals surface area contributed by atoms with Crippen LogP contribution < -0.4 is 5.32 Å². The van der Waals surface area contributed by atoms with Crippen LogP contribution in [0.25, 0.3) is 0 Å². The van der Waals surface area contributed by atoms with Crippen molar-refractivity contribution in [2.45, 2.75) is 36.9 Å². The normalized spacial score (nSPS) is 15.2. The van der Waals surface area contributed by atoms with Gasteiger partial charge in [0.15, 0.2) is 0 Å². The molecule has 1 aliphatic rings. The third-order valence-electron chi connectivity index (χ3n) is 4.59. The highest BCUT2D eigenvalue weighted by molar-refractivity contribution is 7.98. The van der Waals surface area contributed by atoms with Crippen molar-refractivity contribution >= 4 is 36.6 Å². The van der Waals surface area contributed by atoms with E-state index in [0.29, 0.717) is 6.04 Å². The van der Waals surface area contributed by atoms with Crippen LogP contribution in [-0.2, 0) is 13.1 Å². The first-order valence-electron chi connectivity index (χ1n) is 8.46. The van der Waals surface area contributed by atoms with Gasteiger partial charge in [-0.3, -0.25) is 4.90 Å². The number of thioether (sulfide) groups is 1. The largest absolute Gasteiger partial charge is 0.310 e. The second-order valence-corrected chi connectivity index (χ2v) is 7.14. The highest BCUT2D eigenvalue weighted by Crippen LogP contribution is 2.16. The summed E-state index contributed by atoms with van der Waals surface area (Å²) in [6, 6.07) is 20.4. The molecule has 1 saturated heterocycles. The lowest BCUT2D eigenvalue weighted by Gasteiger charge is -2.32. The minimum atomic E-state index is 0. The first kappa shape index (κ1) is 22.3. The molecule has 138 valence electrons. The molecule has 3 rings (SSSR count). The van der Waals surface area contributed by atoms with Crippen molar-refractivity contribution in [2.75, 3.05) is 19.3 Å². The van der Waals surface area contributed by atoms with E-state index in [1.807, 2.05) is 0 Å². The summed E-state index contributed by atoms with van der Waals surface area (Å²) in [5, 5.41) is 3.73. The van der Waals surface area contributed by atoms with E-state index < -0.39 is 0 Å². The van der Waals surface area contributed by atoms with E-state index in [4.69, 9.17) is 0 Å². The molecule has 1 aliphatic heterocycles. The lowest BCUT2D eigenvalue weighted by molar-refractivity contribution is 0.190. The molecule has 0 aliphatic carbocycles. The molecule has 25 heavy (non-hydrogen) atoms. The van der Waals surface area contributed by atoms with Gasteiger partial charge in [-0.2, -0.15) is 0 Å². The first-order chi connectivity index (χ1) is 11.3. The summed E-state index contributed by atoms with van der Waals surface area (Å²) in [4.78, 5) is 3.91. The zero-order valence-corrected chi connectivity index (χ0v) is 17.1. The predicted octanol–water partition coefficient (Wildman–Crippen LogP) is 5.01. The maximum absolute atomic E-state index is 3.73. The minimum Gasteiger partial charge on any atom is -0.310 e. The van der Waals surface area contributed by atoms with E-state index in [0.717, 1.165) is 13.1 Å². The van der Waals surface area contributed by atoms with E-state index in [2.05, 4.69) is 71.1 Å². The van der Waals surface area contributed by atoms with Gasteiger partial charge in [-0.15, -0.1) is 36.6 Å². The highest BCUT2D eigenvalue weighted by atomic mass is 35.5. The zero-order chi connectivity index (χ0) is 15.9. The average Bonchev–Trinajstić information content (AvgIpc) is 2.62. The number of nitrogens with zero attached hydrogens (tertiary/aromatic N) is 1. The summed E-state index contributed by atoms with van der Waals surface area (Å²) in [6.45, 7) is 4.46. The Morgan fingerprint density at radius 1 is 0.920 bits per heavy atom. The van der Waals surface area contributed by atoms with Crippen LogP contribution in [0.5, 0.6) is 0 Å². The zero-order valence-electron chi connectivity index (χ0n) is 14.7. The molecule has 1 N–H and O–H groups in total. The molecule has 0 aromatic heterocycles. The van der Waals surface area contributed by atoms with Crippen LogP contribution in [0, 0.1) is 0 Å². The molecule has 0 spiro atoms. The lowest BCUT2D eigenvalue weighted by Crippen LogP contribution is -2.41. The standard InChI is InChI=1S/C20H26N2S.2ClH/c1-23-20-9-7-17(8-10-20)15-21-19-11-13-22(14-12-19)16-18-5-3-2-4-6-18;;/h2-10,19,21H,11-16H2,1H3;2*1H. The molecule has 2 aromatic rings. The monoisotopic (exact) mass is 398 g/mol. The van der Waals surface area contributed by atoms with Crippen molar-refractivity contribution in [3.63, 3.8) is 0 Å². The molecule has 0 bridgehead atoms. The molecule has 2 aromatic carbocycles. The molecule has 0 unspecified atom stereocenters. The van der Waals surface area contributed by atoms with E-state index in [1.54, 1.807) is 11.8 Å². The molecule has 1 heterocycles. The lowest BCUT2D eigenvalue weighted by atomic mass is 10.0. The summed E-state index contributed by atoms with van der Waals surface area (Å²) in [7, 11) is 0. The van der Waals surface area contributed by atoms with Gasteiger partial charge in [-0.05, 0) is 55.4 Å². The van der Waals surface area contributed by atoms with Crippen LogP contribution in [0.4, 0.5) is 0 Å². The van der Waals surface area contributed by atoms with Crippen LogP contribution >= 0.6 is 36.6 Å². The highest BCUT2D eigenvalue weighted by Gasteiger charge is 2.18. The number of likely N-dealkylation sites (tertiary alicyclic amines) is 1. The molecule has 0 radical (unpaired) electrons. The molecule has 5 heteroatoms. The van der Waals surface area contributed by atoms with E-state index >= 15 is 0 Å². The van der Waals surface area contributed by atoms with Crippen LogP contribution in [-0.4, -0.2) is 30.3 Å². The summed E-state index contributed by atoms with van der Waals surface area (Å²) in [6.07, 6.45) is 4.61. The fourth-order valence-corrected chi connectivity index (χ4v) is 3.55. The third kappa shape index (κ3) is 7.20. The molecule has 0 saturated carbocycles. The van der Waals surface area contributed by atoms with Crippen molar-refractivity contribution in [1.82, 2.24) is 10.2 Å². The molecule has 0 atom stereocenters. The number of hydrogen-bond acceptors (Lipinski definition) is 3. The predicted molar refractivity (Wildman–Crippen MR) is 114 cm³/mol. The van der Waals surface area contributed by atoms with Gasteiger partial charge in [0.25, 0.3) is 0 Å². The van der Waals surface area contributed by atoms with Crippen molar-refractivity contribution in [1.29, 1.82) is 0 Å². The average molecular weight is 399 g/mol. The molecule has 2 nitrogen and oxygen atoms in total. The quantitative estimate of drug-likeness (QED) is 0.688. The summed E-state index contributed by atoms with van der Waals surface area (Å²) >= 11 is 1.80. The van der Waals surface area contributed by atoms with Gasteiger partial charge in [-0.1, -0.05) is 42.5 Å². The molecular weight excluding hydrogens is 371 g/mol. The molecule has 1 fully saturated rings. The van der Waals surface area contributed by atoms with Crippen molar-refractivity contribution in [3.05, 3.63) is 65.7 Å². The van der Waals surface area contributed by atoms with Crippen molar-refractivity contribution < 1.29 is 0 Å². The topological polar surface area (TPSA) is 15.3 Å². The Kier molecular flexibility index (Phi) is 10.6. The first-order valence-corrected chi connectivity index (χ1v) is 9.68. The van der Waals surface area contributed by atoms with Gasteiger partial charge in [-0.25, -0.2) is 0 Å².